The number of nitrogens with zero attached hydrogens (tertiary/aromatic N) is 4. The van der Waals surface area contributed by atoms with Crippen LogP contribution in [-0.2, 0) is 0 Å². The Bertz CT molecular complexity index is 524. The lowest BCUT2D eigenvalue weighted by Gasteiger charge is -2.43. The van der Waals surface area contributed by atoms with Crippen LogP contribution in [0.2, 0.25) is 0 Å². The quantitative estimate of drug-likeness (QED) is 0.856. The Labute approximate surface area is 132 Å². The van der Waals surface area contributed by atoms with Gasteiger partial charge in [-0.2, -0.15) is 0 Å². The number of carbonyl (C=O) groups excluding carboxylic acids is 1. The lowest BCUT2D eigenvalue weighted by Crippen LogP contribution is -2.56. The van der Waals surface area contributed by atoms with E-state index in [1.165, 1.54) is 12.8 Å². The number of carbonyl (C=O) groups is 1. The highest BCUT2D eigenvalue weighted by atomic mass is 16.2. The second-order valence-electron chi connectivity index (χ2n) is 6.75. The predicted molar refractivity (Wildman–Crippen MR) is 85.8 cm³/mol. The first-order chi connectivity index (χ1) is 10.6. The van der Waals surface area contributed by atoms with Crippen molar-refractivity contribution in [3.8, 4) is 0 Å². The molecule has 1 saturated heterocycles. The van der Waals surface area contributed by atoms with Crippen molar-refractivity contribution in [3.63, 3.8) is 0 Å². The number of hydrogen-bond donors (Lipinski definition) is 0. The molecule has 0 radical (unpaired) electrons. The first-order valence-electron chi connectivity index (χ1n) is 8.47. The summed E-state index contributed by atoms with van der Waals surface area (Å²) in [7, 11) is 0. The van der Waals surface area contributed by atoms with Gasteiger partial charge in [0.25, 0.3) is 5.91 Å². The molecule has 0 N–H and O–H groups in total. The number of piperazine rings is 1. The molecular formula is C17H26N4O. The minimum atomic E-state index is 0.0733. The van der Waals surface area contributed by atoms with Gasteiger partial charge in [0.1, 0.15) is 5.82 Å². The van der Waals surface area contributed by atoms with E-state index >= 15 is 0 Å². The summed E-state index contributed by atoms with van der Waals surface area (Å²) in [6.07, 6.45) is 6.85. The van der Waals surface area contributed by atoms with Crippen molar-refractivity contribution >= 4 is 5.91 Å². The highest BCUT2D eigenvalue weighted by Gasteiger charge is 2.31. The van der Waals surface area contributed by atoms with E-state index in [1.807, 2.05) is 4.90 Å². The zero-order chi connectivity index (χ0) is 15.7. The molecule has 1 aliphatic carbocycles. The molecule has 1 saturated carbocycles. The maximum Gasteiger partial charge on any atom is 0.257 e. The van der Waals surface area contributed by atoms with Crippen LogP contribution in [0.25, 0.3) is 0 Å². The molecule has 2 aliphatic rings. The molecule has 0 spiro atoms. The van der Waals surface area contributed by atoms with E-state index in [1.54, 1.807) is 12.4 Å². The molecule has 5 heteroatoms. The van der Waals surface area contributed by atoms with Crippen molar-refractivity contribution in [2.24, 2.45) is 0 Å². The number of hydrogen-bond acceptors (Lipinski definition) is 4. The monoisotopic (exact) mass is 302 g/mol. The fourth-order valence-corrected chi connectivity index (χ4v) is 3.28. The van der Waals surface area contributed by atoms with Gasteiger partial charge in [-0.15, -0.1) is 0 Å². The molecule has 1 aromatic heterocycles. The van der Waals surface area contributed by atoms with Crippen molar-refractivity contribution in [1.82, 2.24) is 19.8 Å². The maximum absolute atomic E-state index is 12.7. The van der Waals surface area contributed by atoms with Gasteiger partial charge >= 0.3 is 0 Å². The topological polar surface area (TPSA) is 49.3 Å². The molecule has 3 rings (SSSR count). The standard InChI is InChI=1S/C17H26N4O/c1-4-15-11-20(7-8-21(15)12(2)3)17(22)14-9-18-16(19-10-14)13-5-6-13/h9-10,12-13,15H,4-8,11H2,1-3H3. The van der Waals surface area contributed by atoms with E-state index in [0.717, 1.165) is 31.9 Å². The van der Waals surface area contributed by atoms with Gasteiger partial charge in [-0.25, -0.2) is 9.97 Å². The second-order valence-corrected chi connectivity index (χ2v) is 6.75. The van der Waals surface area contributed by atoms with Crippen LogP contribution in [0.5, 0.6) is 0 Å². The van der Waals surface area contributed by atoms with Gasteiger partial charge in [-0.3, -0.25) is 9.69 Å². The minimum absolute atomic E-state index is 0.0733. The van der Waals surface area contributed by atoms with Gasteiger partial charge in [-0.1, -0.05) is 6.92 Å². The normalized spacial score (nSPS) is 23.1. The van der Waals surface area contributed by atoms with Crippen LogP contribution < -0.4 is 0 Å². The van der Waals surface area contributed by atoms with Crippen molar-refractivity contribution in [2.45, 2.75) is 58.0 Å². The summed E-state index contributed by atoms with van der Waals surface area (Å²) in [6, 6.07) is 0.979. The van der Waals surface area contributed by atoms with Gasteiger partial charge in [-0.05, 0) is 33.1 Å². The molecule has 2 heterocycles. The molecule has 1 aliphatic heterocycles. The molecule has 1 unspecified atom stereocenters. The summed E-state index contributed by atoms with van der Waals surface area (Å²) in [5.41, 5.74) is 0.622. The van der Waals surface area contributed by atoms with Crippen LogP contribution in [0.3, 0.4) is 0 Å². The van der Waals surface area contributed by atoms with Gasteiger partial charge in [0, 0.05) is 50.0 Å². The van der Waals surface area contributed by atoms with Crippen LogP contribution in [0, 0.1) is 0 Å². The van der Waals surface area contributed by atoms with E-state index < -0.39 is 0 Å². The first-order valence-corrected chi connectivity index (χ1v) is 8.47. The van der Waals surface area contributed by atoms with Crippen LogP contribution in [0.15, 0.2) is 12.4 Å². The number of aromatic nitrogens is 2. The summed E-state index contributed by atoms with van der Waals surface area (Å²) in [6.45, 7) is 9.19. The highest BCUT2D eigenvalue weighted by Crippen LogP contribution is 2.37. The fraction of sp³-hybridized carbons (Fsp3) is 0.706. The Hall–Kier alpha value is -1.49. The van der Waals surface area contributed by atoms with Gasteiger partial charge in [0.2, 0.25) is 0 Å². The van der Waals surface area contributed by atoms with E-state index in [-0.39, 0.29) is 5.91 Å². The third kappa shape index (κ3) is 3.14. The van der Waals surface area contributed by atoms with Crippen molar-refractivity contribution in [2.75, 3.05) is 19.6 Å². The van der Waals surface area contributed by atoms with Gasteiger partial charge in [0.05, 0.1) is 5.56 Å². The first kappa shape index (κ1) is 15.4. The Morgan fingerprint density at radius 3 is 2.50 bits per heavy atom. The lowest BCUT2D eigenvalue weighted by molar-refractivity contribution is 0.0371. The van der Waals surface area contributed by atoms with Gasteiger partial charge < -0.3 is 4.90 Å². The van der Waals surface area contributed by atoms with E-state index in [0.29, 0.717) is 23.6 Å². The lowest BCUT2D eigenvalue weighted by atomic mass is 10.1. The fourth-order valence-electron chi connectivity index (χ4n) is 3.28. The van der Waals surface area contributed by atoms with E-state index in [2.05, 4.69) is 35.6 Å². The van der Waals surface area contributed by atoms with Crippen molar-refractivity contribution < 1.29 is 4.79 Å². The van der Waals surface area contributed by atoms with Gasteiger partial charge in [0.15, 0.2) is 0 Å². The third-order valence-electron chi connectivity index (χ3n) is 4.81. The molecule has 2 fully saturated rings. The van der Waals surface area contributed by atoms with Crippen LogP contribution in [0.1, 0.15) is 62.1 Å². The number of amides is 1. The average Bonchev–Trinajstić information content (AvgIpc) is 3.38. The minimum Gasteiger partial charge on any atom is -0.336 e. The van der Waals surface area contributed by atoms with Crippen LogP contribution in [-0.4, -0.2) is 57.4 Å². The molecule has 120 valence electrons. The van der Waals surface area contributed by atoms with E-state index in [4.69, 9.17) is 0 Å². The Balaban J connectivity index is 1.67. The zero-order valence-corrected chi connectivity index (χ0v) is 13.8. The summed E-state index contributed by atoms with van der Waals surface area (Å²) in [4.78, 5) is 25.9. The van der Waals surface area contributed by atoms with Crippen molar-refractivity contribution in [3.05, 3.63) is 23.8 Å². The number of rotatable bonds is 4. The third-order valence-corrected chi connectivity index (χ3v) is 4.81. The maximum atomic E-state index is 12.7. The Morgan fingerprint density at radius 2 is 1.95 bits per heavy atom. The summed E-state index contributed by atoms with van der Waals surface area (Å²) >= 11 is 0. The molecule has 1 aromatic rings. The van der Waals surface area contributed by atoms with Crippen molar-refractivity contribution in [1.29, 1.82) is 0 Å². The largest absolute Gasteiger partial charge is 0.336 e. The molecule has 0 aromatic carbocycles. The van der Waals surface area contributed by atoms with E-state index in [9.17, 15) is 4.79 Å². The molecule has 22 heavy (non-hydrogen) atoms. The smallest absolute Gasteiger partial charge is 0.257 e. The molecule has 1 atom stereocenters. The Morgan fingerprint density at radius 1 is 1.27 bits per heavy atom. The summed E-state index contributed by atoms with van der Waals surface area (Å²) in [5.74, 6) is 1.50. The van der Waals surface area contributed by atoms with Crippen LogP contribution >= 0.6 is 0 Å². The summed E-state index contributed by atoms with van der Waals surface area (Å²) < 4.78 is 0. The molecule has 1 amide bonds. The SMILES string of the molecule is CCC1CN(C(=O)c2cnc(C3CC3)nc2)CCN1C(C)C. The zero-order valence-electron chi connectivity index (χ0n) is 13.8. The Kier molecular flexibility index (Phi) is 4.43. The second kappa shape index (κ2) is 6.32. The predicted octanol–water partition coefficient (Wildman–Crippen LogP) is 2.30. The molecular weight excluding hydrogens is 276 g/mol. The molecule has 0 bridgehead atoms. The average molecular weight is 302 g/mol. The molecule has 5 nitrogen and oxygen atoms in total. The highest BCUT2D eigenvalue weighted by molar-refractivity contribution is 5.93. The van der Waals surface area contributed by atoms with Crippen LogP contribution in [0.4, 0.5) is 0 Å². The summed E-state index contributed by atoms with van der Waals surface area (Å²) in [5, 5.41) is 0.